The molecular weight excluding hydrogens is 236 g/mol. The van der Waals surface area contributed by atoms with Crippen LogP contribution >= 0.6 is 0 Å². The molecule has 0 unspecified atom stereocenters. The first-order valence-corrected chi connectivity index (χ1v) is 7.52. The molecule has 1 aromatic carbocycles. The van der Waals surface area contributed by atoms with Gasteiger partial charge in [0.15, 0.2) is 5.75 Å². The summed E-state index contributed by atoms with van der Waals surface area (Å²) < 4.78 is 0. The van der Waals surface area contributed by atoms with Crippen LogP contribution in [0.25, 0.3) is 0 Å². The lowest BCUT2D eigenvalue weighted by Crippen LogP contribution is -2.32. The molecule has 0 aliphatic carbocycles. The van der Waals surface area contributed by atoms with Crippen LogP contribution in [0.1, 0.15) is 71.8 Å². The molecule has 0 aliphatic heterocycles. The Balaban J connectivity index is 2.71. The molecule has 0 heterocycles. The molecule has 0 saturated heterocycles. The van der Waals surface area contributed by atoms with Gasteiger partial charge >= 0.3 is 0 Å². The van der Waals surface area contributed by atoms with E-state index < -0.39 is 0 Å². The lowest BCUT2D eigenvalue weighted by atomic mass is 9.92. The minimum atomic E-state index is -0.150. The highest BCUT2D eigenvalue weighted by molar-refractivity contribution is 5.29. The van der Waals surface area contributed by atoms with Crippen LogP contribution < -0.4 is 4.89 Å². The van der Waals surface area contributed by atoms with E-state index >= 15 is 0 Å². The molecule has 0 atom stereocenters. The maximum atomic E-state index is 5.79. The largest absolute Gasteiger partial charge is 0.337 e. The van der Waals surface area contributed by atoms with Crippen molar-refractivity contribution < 1.29 is 9.78 Å². The first kappa shape index (κ1) is 16.0. The van der Waals surface area contributed by atoms with E-state index in [1.807, 2.05) is 12.1 Å². The van der Waals surface area contributed by atoms with Crippen LogP contribution in [-0.2, 0) is 4.89 Å². The summed E-state index contributed by atoms with van der Waals surface area (Å²) in [4.78, 5) is 11.4. The average molecular weight is 264 g/mol. The summed E-state index contributed by atoms with van der Waals surface area (Å²) in [5.74, 6) is 1.30. The fourth-order valence-electron chi connectivity index (χ4n) is 2.28. The maximum absolute atomic E-state index is 5.79. The predicted octanol–water partition coefficient (Wildman–Crippen LogP) is 5.48. The van der Waals surface area contributed by atoms with Crippen molar-refractivity contribution in [3.63, 3.8) is 0 Å². The van der Waals surface area contributed by atoms with Gasteiger partial charge in [-0.15, -0.1) is 0 Å². The van der Waals surface area contributed by atoms with Gasteiger partial charge in [-0.2, -0.15) is 4.89 Å². The van der Waals surface area contributed by atoms with Gasteiger partial charge in [-0.1, -0.05) is 53.2 Å². The zero-order valence-electron chi connectivity index (χ0n) is 13.0. The molecule has 0 N–H and O–H groups in total. The second kappa shape index (κ2) is 7.54. The third-order valence-electron chi connectivity index (χ3n) is 3.83. The van der Waals surface area contributed by atoms with Gasteiger partial charge in [-0.25, -0.2) is 0 Å². The van der Waals surface area contributed by atoms with Crippen LogP contribution in [-0.4, -0.2) is 5.60 Å². The smallest absolute Gasteiger partial charge is 0.165 e. The number of hydrogen-bond acceptors (Lipinski definition) is 2. The van der Waals surface area contributed by atoms with Crippen LogP contribution in [0, 0.1) is 0 Å². The third-order valence-corrected chi connectivity index (χ3v) is 3.83. The summed E-state index contributed by atoms with van der Waals surface area (Å²) in [6, 6.07) is 8.16. The van der Waals surface area contributed by atoms with E-state index in [4.69, 9.17) is 9.78 Å². The minimum absolute atomic E-state index is 0.150. The van der Waals surface area contributed by atoms with Gasteiger partial charge < -0.3 is 4.89 Å². The van der Waals surface area contributed by atoms with E-state index in [-0.39, 0.29) is 5.60 Å². The van der Waals surface area contributed by atoms with Crippen molar-refractivity contribution in [3.8, 4) is 5.75 Å². The molecular formula is C17H28O2. The summed E-state index contributed by atoms with van der Waals surface area (Å²) in [5, 5.41) is 0. The minimum Gasteiger partial charge on any atom is -0.337 e. The summed E-state index contributed by atoms with van der Waals surface area (Å²) >= 11 is 0. The van der Waals surface area contributed by atoms with Crippen LogP contribution in [0.15, 0.2) is 24.3 Å². The summed E-state index contributed by atoms with van der Waals surface area (Å²) in [6.07, 6.45) is 4.09. The highest BCUT2D eigenvalue weighted by Gasteiger charge is 2.28. The fraction of sp³-hybridized carbons (Fsp3) is 0.647. The Bertz CT molecular complexity index is 367. The normalized spacial score (nSPS) is 11.9. The van der Waals surface area contributed by atoms with Gasteiger partial charge in [-0.3, -0.25) is 0 Å². The van der Waals surface area contributed by atoms with Crippen molar-refractivity contribution in [1.29, 1.82) is 0 Å². The van der Waals surface area contributed by atoms with Crippen molar-refractivity contribution in [2.24, 2.45) is 0 Å². The lowest BCUT2D eigenvalue weighted by molar-refractivity contribution is -0.296. The van der Waals surface area contributed by atoms with Crippen molar-refractivity contribution in [1.82, 2.24) is 0 Å². The lowest BCUT2D eigenvalue weighted by Gasteiger charge is -2.29. The predicted molar refractivity (Wildman–Crippen MR) is 80.5 cm³/mol. The van der Waals surface area contributed by atoms with E-state index in [0.29, 0.717) is 5.92 Å². The molecule has 19 heavy (non-hydrogen) atoms. The molecule has 0 spiro atoms. The Morgan fingerprint density at radius 1 is 1.11 bits per heavy atom. The summed E-state index contributed by atoms with van der Waals surface area (Å²) in [5.41, 5.74) is 1.12. The number of rotatable bonds is 8. The molecule has 0 aromatic heterocycles. The zero-order chi connectivity index (χ0) is 14.3. The average Bonchev–Trinajstić information content (AvgIpc) is 2.44. The summed E-state index contributed by atoms with van der Waals surface area (Å²) in [6.45, 7) is 10.9. The molecule has 0 bridgehead atoms. The third kappa shape index (κ3) is 4.54. The van der Waals surface area contributed by atoms with E-state index in [1.54, 1.807) is 0 Å². The SMILES string of the molecule is CCCC(CC)(CC)OOc1cccc(C(C)C)c1. The van der Waals surface area contributed by atoms with Crippen LogP contribution in [0.3, 0.4) is 0 Å². The second-order valence-corrected chi connectivity index (χ2v) is 5.53. The van der Waals surface area contributed by atoms with Gasteiger partial charge in [0.05, 0.1) is 0 Å². The van der Waals surface area contributed by atoms with Crippen LogP contribution in [0.5, 0.6) is 5.75 Å². The molecule has 0 saturated carbocycles. The highest BCUT2D eigenvalue weighted by Crippen LogP contribution is 2.28. The quantitative estimate of drug-likeness (QED) is 0.457. The monoisotopic (exact) mass is 264 g/mol. The molecule has 0 radical (unpaired) electrons. The zero-order valence-corrected chi connectivity index (χ0v) is 13.0. The Kier molecular flexibility index (Phi) is 6.36. The molecule has 1 rings (SSSR count). The van der Waals surface area contributed by atoms with Gasteiger partial charge in [0, 0.05) is 0 Å². The van der Waals surface area contributed by atoms with Crippen molar-refractivity contribution >= 4 is 0 Å². The van der Waals surface area contributed by atoms with Crippen LogP contribution in [0.2, 0.25) is 0 Å². The second-order valence-electron chi connectivity index (χ2n) is 5.53. The van der Waals surface area contributed by atoms with Gasteiger partial charge in [0.1, 0.15) is 5.60 Å². The topological polar surface area (TPSA) is 18.5 Å². The van der Waals surface area contributed by atoms with Gasteiger partial charge in [-0.05, 0) is 42.9 Å². The Hall–Kier alpha value is -1.02. The molecule has 2 heteroatoms. The Morgan fingerprint density at radius 3 is 2.32 bits per heavy atom. The first-order chi connectivity index (χ1) is 9.06. The van der Waals surface area contributed by atoms with Gasteiger partial charge in [0.25, 0.3) is 0 Å². The molecule has 1 aromatic rings. The van der Waals surface area contributed by atoms with E-state index in [2.05, 4.69) is 46.8 Å². The Labute approximate surface area is 118 Å². The Morgan fingerprint density at radius 2 is 1.79 bits per heavy atom. The number of hydrogen-bond donors (Lipinski definition) is 0. The molecule has 0 amide bonds. The van der Waals surface area contributed by atoms with Crippen molar-refractivity contribution in [2.75, 3.05) is 0 Å². The van der Waals surface area contributed by atoms with Crippen LogP contribution in [0.4, 0.5) is 0 Å². The first-order valence-electron chi connectivity index (χ1n) is 7.52. The standard InChI is InChI=1S/C17H28O2/c1-6-12-17(7-2,8-3)19-18-16-11-9-10-15(13-16)14(4)5/h9-11,13-14H,6-8,12H2,1-5H3. The summed E-state index contributed by atoms with van der Waals surface area (Å²) in [7, 11) is 0. The van der Waals surface area contributed by atoms with Crippen molar-refractivity contribution in [2.45, 2.75) is 71.8 Å². The van der Waals surface area contributed by atoms with Crippen molar-refractivity contribution in [3.05, 3.63) is 29.8 Å². The molecule has 0 aliphatic rings. The van der Waals surface area contributed by atoms with E-state index in [1.165, 1.54) is 5.56 Å². The number of benzene rings is 1. The van der Waals surface area contributed by atoms with E-state index in [9.17, 15) is 0 Å². The van der Waals surface area contributed by atoms with Gasteiger partial charge in [0.2, 0.25) is 0 Å². The van der Waals surface area contributed by atoms with E-state index in [0.717, 1.165) is 31.4 Å². The molecule has 0 fully saturated rings. The fourth-order valence-corrected chi connectivity index (χ4v) is 2.28. The molecule has 2 nitrogen and oxygen atoms in total. The highest BCUT2D eigenvalue weighted by atomic mass is 17.2. The molecule has 108 valence electrons. The maximum Gasteiger partial charge on any atom is 0.165 e.